The predicted octanol–water partition coefficient (Wildman–Crippen LogP) is 2.16. The molecule has 80 valence electrons. The van der Waals surface area contributed by atoms with Gasteiger partial charge in [0.1, 0.15) is 0 Å². The first-order chi connectivity index (χ1) is 5.41. The van der Waals surface area contributed by atoms with E-state index >= 15 is 0 Å². The van der Waals surface area contributed by atoms with Crippen molar-refractivity contribution in [2.45, 2.75) is 12.7 Å². The van der Waals surface area contributed by atoms with Crippen molar-refractivity contribution in [2.75, 3.05) is 0 Å². The first kappa shape index (κ1) is 12.7. The zero-order valence-corrected chi connectivity index (χ0v) is 6.28. The fourth-order valence-electron chi connectivity index (χ4n) is 0.280. The van der Waals surface area contributed by atoms with Gasteiger partial charge < -0.3 is 4.89 Å². The Balaban J connectivity index is 4.35. The maximum absolute atomic E-state index is 11.1. The molecule has 0 saturated heterocycles. The first-order valence-corrected chi connectivity index (χ1v) is 3.79. The highest BCUT2D eigenvalue weighted by Crippen LogP contribution is 2.52. The molecular formula is C2HF6O4P. The maximum atomic E-state index is 11.1. The molecule has 0 saturated carbocycles. The van der Waals surface area contributed by atoms with E-state index in [1.807, 2.05) is 0 Å². The molecule has 1 N–H and O–H groups in total. The molecule has 0 aromatic heterocycles. The number of halogens is 6. The molecular weight excluding hydrogens is 233 g/mol. The van der Waals surface area contributed by atoms with Crippen molar-refractivity contribution >= 4 is 7.82 Å². The fraction of sp³-hybridized carbons (Fsp3) is 1.00. The van der Waals surface area contributed by atoms with Gasteiger partial charge in [-0.25, -0.2) is 4.57 Å². The summed E-state index contributed by atoms with van der Waals surface area (Å²) < 4.78 is 81.0. The van der Waals surface area contributed by atoms with Crippen LogP contribution in [0.3, 0.4) is 0 Å². The lowest BCUT2D eigenvalue weighted by Crippen LogP contribution is -2.17. The smallest absolute Gasteiger partial charge is 0.302 e. The Morgan fingerprint density at radius 3 is 1.31 bits per heavy atom. The van der Waals surface area contributed by atoms with Crippen LogP contribution in [0.4, 0.5) is 26.3 Å². The number of hydrogen-bond donors (Lipinski definition) is 1. The van der Waals surface area contributed by atoms with Crippen LogP contribution in [0.1, 0.15) is 0 Å². The highest BCUT2D eigenvalue weighted by atomic mass is 31.2. The van der Waals surface area contributed by atoms with E-state index in [0.717, 1.165) is 0 Å². The van der Waals surface area contributed by atoms with Gasteiger partial charge in [-0.1, -0.05) is 0 Å². The molecule has 0 aromatic carbocycles. The van der Waals surface area contributed by atoms with E-state index in [9.17, 15) is 30.9 Å². The standard InChI is InChI=1S/C2HF6O4P/c3-1(4,5)11-13(9,10)12-2(6,7)8/h(H,9,10). The minimum Gasteiger partial charge on any atom is -0.302 e. The maximum Gasteiger partial charge on any atom is 0.531 e. The van der Waals surface area contributed by atoms with Gasteiger partial charge in [0.25, 0.3) is 0 Å². The van der Waals surface area contributed by atoms with Gasteiger partial charge >= 0.3 is 20.5 Å². The second kappa shape index (κ2) is 3.45. The summed E-state index contributed by atoms with van der Waals surface area (Å²) >= 11 is 0. The molecule has 0 aromatic rings. The second-order valence-corrected chi connectivity index (χ2v) is 2.84. The summed E-state index contributed by atoms with van der Waals surface area (Å²) in [5.74, 6) is 0. The zero-order valence-electron chi connectivity index (χ0n) is 5.39. The van der Waals surface area contributed by atoms with Crippen LogP contribution in [-0.2, 0) is 13.6 Å². The summed E-state index contributed by atoms with van der Waals surface area (Å²) in [5.41, 5.74) is 0. The van der Waals surface area contributed by atoms with Crippen LogP contribution in [-0.4, -0.2) is 17.6 Å². The Kier molecular flexibility index (Phi) is 3.36. The van der Waals surface area contributed by atoms with Crippen LogP contribution in [0, 0.1) is 0 Å². The van der Waals surface area contributed by atoms with Crippen molar-refractivity contribution in [3.63, 3.8) is 0 Å². The molecule has 4 nitrogen and oxygen atoms in total. The summed E-state index contributed by atoms with van der Waals surface area (Å²) in [4.78, 5) is 7.86. The fourth-order valence-corrected chi connectivity index (χ4v) is 0.841. The van der Waals surface area contributed by atoms with E-state index in [2.05, 4.69) is 9.05 Å². The molecule has 0 amide bonds. The van der Waals surface area contributed by atoms with Crippen LogP contribution in [0.15, 0.2) is 0 Å². The van der Waals surface area contributed by atoms with Crippen molar-refractivity contribution in [1.29, 1.82) is 0 Å². The van der Waals surface area contributed by atoms with E-state index in [1.54, 1.807) is 0 Å². The van der Waals surface area contributed by atoms with Crippen LogP contribution < -0.4 is 0 Å². The molecule has 0 radical (unpaired) electrons. The minimum absolute atomic E-state index is 2.17. The van der Waals surface area contributed by atoms with Gasteiger partial charge in [-0.2, -0.15) is 9.05 Å². The molecule has 13 heavy (non-hydrogen) atoms. The predicted molar refractivity (Wildman–Crippen MR) is 24.1 cm³/mol. The minimum atomic E-state index is -6.19. The van der Waals surface area contributed by atoms with Gasteiger partial charge in [0, 0.05) is 0 Å². The molecule has 0 aliphatic heterocycles. The number of hydrogen-bond acceptors (Lipinski definition) is 3. The lowest BCUT2D eigenvalue weighted by molar-refractivity contribution is -0.313. The summed E-state index contributed by atoms with van der Waals surface area (Å²) in [5, 5.41) is 0. The van der Waals surface area contributed by atoms with Crippen molar-refractivity contribution in [1.82, 2.24) is 0 Å². The average Bonchev–Trinajstić information content (AvgIpc) is 1.43. The van der Waals surface area contributed by atoms with E-state index in [-0.39, 0.29) is 0 Å². The first-order valence-electron chi connectivity index (χ1n) is 2.29. The van der Waals surface area contributed by atoms with E-state index < -0.39 is 20.5 Å². The largest absolute Gasteiger partial charge is 0.531 e. The van der Waals surface area contributed by atoms with E-state index in [1.165, 1.54) is 0 Å². The van der Waals surface area contributed by atoms with Crippen molar-refractivity contribution in [3.05, 3.63) is 0 Å². The lowest BCUT2D eigenvalue weighted by atomic mass is 11.4. The third kappa shape index (κ3) is 8.03. The third-order valence-corrected chi connectivity index (χ3v) is 1.31. The molecule has 0 unspecified atom stereocenters. The molecule has 0 atom stereocenters. The van der Waals surface area contributed by atoms with Crippen LogP contribution in [0.5, 0.6) is 0 Å². The van der Waals surface area contributed by atoms with Crippen molar-refractivity contribution < 1.29 is 44.8 Å². The van der Waals surface area contributed by atoms with E-state index in [0.29, 0.717) is 0 Å². The Morgan fingerprint density at radius 2 is 1.15 bits per heavy atom. The average molecular weight is 234 g/mol. The number of alkyl halides is 6. The highest BCUT2D eigenvalue weighted by molar-refractivity contribution is 7.47. The molecule has 0 rings (SSSR count). The Hall–Kier alpha value is -0.310. The van der Waals surface area contributed by atoms with Crippen molar-refractivity contribution in [3.8, 4) is 0 Å². The van der Waals surface area contributed by atoms with Gasteiger partial charge in [-0.3, -0.25) is 0 Å². The summed E-state index contributed by atoms with van der Waals surface area (Å²) in [6.45, 7) is 0. The summed E-state index contributed by atoms with van der Waals surface area (Å²) in [6, 6.07) is 0. The van der Waals surface area contributed by atoms with Crippen LogP contribution >= 0.6 is 7.82 Å². The number of phosphoric acid groups is 1. The van der Waals surface area contributed by atoms with Gasteiger partial charge in [0.05, 0.1) is 0 Å². The Bertz CT molecular complexity index is 198. The molecule has 0 bridgehead atoms. The molecule has 0 spiro atoms. The summed E-state index contributed by atoms with van der Waals surface area (Å²) in [7, 11) is -6.19. The molecule has 11 heteroatoms. The quantitative estimate of drug-likeness (QED) is 0.587. The Labute approximate surface area is 66.7 Å². The van der Waals surface area contributed by atoms with Crippen LogP contribution in [0.2, 0.25) is 0 Å². The topological polar surface area (TPSA) is 55.8 Å². The number of phosphoric ester groups is 1. The monoisotopic (exact) mass is 234 g/mol. The molecule has 0 aliphatic carbocycles. The lowest BCUT2D eigenvalue weighted by Gasteiger charge is -2.14. The van der Waals surface area contributed by atoms with Gasteiger partial charge in [-0.05, 0) is 0 Å². The zero-order chi connectivity index (χ0) is 10.9. The molecule has 0 aliphatic rings. The van der Waals surface area contributed by atoms with Crippen LogP contribution in [0.25, 0.3) is 0 Å². The summed E-state index contributed by atoms with van der Waals surface area (Å²) in [6.07, 6.45) is -11.4. The number of rotatable bonds is 2. The second-order valence-electron chi connectivity index (χ2n) is 1.54. The van der Waals surface area contributed by atoms with Crippen molar-refractivity contribution in [2.24, 2.45) is 0 Å². The van der Waals surface area contributed by atoms with Gasteiger partial charge in [0.15, 0.2) is 0 Å². The third-order valence-electron chi connectivity index (χ3n) is 0.438. The SMILES string of the molecule is O=P(O)(OC(F)(F)F)OC(F)(F)F. The molecule has 0 fully saturated rings. The van der Waals surface area contributed by atoms with Gasteiger partial charge in [-0.15, -0.1) is 26.3 Å². The highest BCUT2D eigenvalue weighted by Gasteiger charge is 2.48. The molecule has 0 heterocycles. The van der Waals surface area contributed by atoms with E-state index in [4.69, 9.17) is 4.89 Å². The Morgan fingerprint density at radius 1 is 0.923 bits per heavy atom. The normalized spacial score (nSPS) is 14.7. The van der Waals surface area contributed by atoms with Gasteiger partial charge in [0.2, 0.25) is 0 Å².